The van der Waals surface area contributed by atoms with Gasteiger partial charge in [-0.15, -0.1) is 6.58 Å². The lowest BCUT2D eigenvalue weighted by Gasteiger charge is -2.28. The summed E-state index contributed by atoms with van der Waals surface area (Å²) in [5.41, 5.74) is -0.710. The third-order valence-electron chi connectivity index (χ3n) is 5.72. The van der Waals surface area contributed by atoms with Gasteiger partial charge in [0.2, 0.25) is 5.91 Å². The van der Waals surface area contributed by atoms with Crippen molar-refractivity contribution in [2.75, 3.05) is 20.2 Å². The van der Waals surface area contributed by atoms with Crippen molar-refractivity contribution < 1.29 is 28.6 Å². The number of alkyl carbamates (subject to hydrolysis) is 1. The Morgan fingerprint density at radius 1 is 1.27 bits per heavy atom. The fraction of sp³-hybridized carbons (Fsp3) is 0.560. The summed E-state index contributed by atoms with van der Waals surface area (Å²) < 4.78 is 16.0. The number of hydrogen-bond donors (Lipinski definition) is 1. The van der Waals surface area contributed by atoms with E-state index in [2.05, 4.69) is 11.9 Å². The summed E-state index contributed by atoms with van der Waals surface area (Å²) in [7, 11) is 1.59. The Balaban J connectivity index is 2.04. The zero-order valence-electron chi connectivity index (χ0n) is 20.5. The first-order chi connectivity index (χ1) is 15.4. The van der Waals surface area contributed by atoms with Crippen molar-refractivity contribution in [3.05, 3.63) is 42.5 Å². The second-order valence-electron chi connectivity index (χ2n) is 9.65. The molecule has 8 heteroatoms. The third kappa shape index (κ3) is 6.97. The van der Waals surface area contributed by atoms with Crippen LogP contribution in [0.4, 0.5) is 4.79 Å². The average molecular weight is 461 g/mol. The molecule has 1 aromatic rings. The maximum absolute atomic E-state index is 13.1. The monoisotopic (exact) mass is 460 g/mol. The highest BCUT2D eigenvalue weighted by molar-refractivity contribution is 5.87. The summed E-state index contributed by atoms with van der Waals surface area (Å²) in [6.07, 6.45) is 1.65. The van der Waals surface area contributed by atoms with Crippen LogP contribution >= 0.6 is 0 Å². The summed E-state index contributed by atoms with van der Waals surface area (Å²) in [6.45, 7) is 13.2. The van der Waals surface area contributed by atoms with Crippen molar-refractivity contribution >= 4 is 18.0 Å². The Morgan fingerprint density at radius 2 is 1.91 bits per heavy atom. The van der Waals surface area contributed by atoms with Crippen molar-refractivity contribution in [1.82, 2.24) is 10.2 Å². The summed E-state index contributed by atoms with van der Waals surface area (Å²) in [4.78, 5) is 39.8. The Hall–Kier alpha value is -3.03. The van der Waals surface area contributed by atoms with Crippen LogP contribution in [0.25, 0.3) is 0 Å². The molecule has 33 heavy (non-hydrogen) atoms. The molecule has 2 rings (SSSR count). The van der Waals surface area contributed by atoms with Gasteiger partial charge in [0.1, 0.15) is 24.0 Å². The highest BCUT2D eigenvalue weighted by Crippen LogP contribution is 2.39. The zero-order chi connectivity index (χ0) is 24.8. The van der Waals surface area contributed by atoms with Gasteiger partial charge in [0.15, 0.2) is 0 Å². The first-order valence-corrected chi connectivity index (χ1v) is 11.1. The normalized spacial score (nSPS) is 21.2. The van der Waals surface area contributed by atoms with Crippen molar-refractivity contribution in [3.8, 4) is 5.75 Å². The van der Waals surface area contributed by atoms with Crippen LogP contribution in [0.2, 0.25) is 0 Å². The lowest BCUT2D eigenvalue weighted by molar-refractivity contribution is -0.158. The number of carbonyl (C=O) groups excluding carboxylic acids is 3. The molecule has 1 saturated heterocycles. The quantitative estimate of drug-likeness (QED) is 0.470. The first-order valence-electron chi connectivity index (χ1n) is 11.1. The van der Waals surface area contributed by atoms with Gasteiger partial charge in [-0.3, -0.25) is 9.59 Å². The van der Waals surface area contributed by atoms with Gasteiger partial charge in [-0.1, -0.05) is 18.2 Å². The molecule has 1 aromatic carbocycles. The van der Waals surface area contributed by atoms with Gasteiger partial charge in [0.25, 0.3) is 0 Å². The Kier molecular flexibility index (Phi) is 8.52. The molecule has 3 atom stereocenters. The Labute approximate surface area is 196 Å². The van der Waals surface area contributed by atoms with Crippen LogP contribution in [0.15, 0.2) is 36.9 Å². The summed E-state index contributed by atoms with van der Waals surface area (Å²) in [5.74, 6) is -0.0620. The number of hydrogen-bond acceptors (Lipinski definition) is 6. The minimum absolute atomic E-state index is 0.129. The van der Waals surface area contributed by atoms with Crippen LogP contribution in [-0.2, 0) is 25.7 Å². The molecule has 1 aliphatic rings. The smallest absolute Gasteiger partial charge is 0.408 e. The van der Waals surface area contributed by atoms with E-state index in [1.165, 1.54) is 0 Å². The zero-order valence-corrected chi connectivity index (χ0v) is 20.5. The molecule has 0 aliphatic carbocycles. The SMILES string of the molecule is C=CC[C@H]1CN(C(=O)[C@H](C)NC(=O)OC(C)(C)C)C[C@@]1(C)C(=O)OCc1ccc(OC)cc1. The van der Waals surface area contributed by atoms with Crippen LogP contribution in [0.5, 0.6) is 5.75 Å². The largest absolute Gasteiger partial charge is 0.497 e. The fourth-order valence-corrected chi connectivity index (χ4v) is 3.85. The number of carbonyl (C=O) groups is 3. The Bertz CT molecular complexity index is 861. The lowest BCUT2D eigenvalue weighted by Crippen LogP contribution is -2.48. The molecule has 0 bridgehead atoms. The van der Waals surface area contributed by atoms with Crippen LogP contribution in [0.3, 0.4) is 0 Å². The molecule has 0 radical (unpaired) electrons. The maximum Gasteiger partial charge on any atom is 0.408 e. The summed E-state index contributed by atoms with van der Waals surface area (Å²) in [5, 5.41) is 2.57. The van der Waals surface area contributed by atoms with E-state index in [4.69, 9.17) is 14.2 Å². The first kappa shape index (κ1) is 26.2. The molecule has 0 aromatic heterocycles. The molecule has 1 fully saturated rings. The predicted octanol–water partition coefficient (Wildman–Crippen LogP) is 3.69. The summed E-state index contributed by atoms with van der Waals surface area (Å²) >= 11 is 0. The highest BCUT2D eigenvalue weighted by Gasteiger charge is 2.50. The second kappa shape index (κ2) is 10.7. The number of ether oxygens (including phenoxy) is 3. The van der Waals surface area contributed by atoms with Crippen molar-refractivity contribution in [2.45, 2.75) is 59.3 Å². The van der Waals surface area contributed by atoms with Gasteiger partial charge in [-0.25, -0.2) is 4.79 Å². The molecular formula is C25H36N2O6. The number of esters is 1. The number of likely N-dealkylation sites (tertiary alicyclic amines) is 1. The number of methoxy groups -OCH3 is 1. The minimum Gasteiger partial charge on any atom is -0.497 e. The molecule has 0 saturated carbocycles. The van der Waals surface area contributed by atoms with Gasteiger partial charge in [0, 0.05) is 13.1 Å². The number of allylic oxidation sites excluding steroid dienone is 1. The van der Waals surface area contributed by atoms with Gasteiger partial charge >= 0.3 is 12.1 Å². The molecule has 1 heterocycles. The summed E-state index contributed by atoms with van der Waals surface area (Å²) in [6, 6.07) is 6.50. The number of nitrogens with zero attached hydrogens (tertiary/aromatic N) is 1. The van der Waals surface area contributed by atoms with Gasteiger partial charge in [-0.05, 0) is 64.7 Å². The topological polar surface area (TPSA) is 94.2 Å². The van der Waals surface area contributed by atoms with Gasteiger partial charge in [0.05, 0.1) is 12.5 Å². The average Bonchev–Trinajstić information content (AvgIpc) is 3.08. The van der Waals surface area contributed by atoms with Crippen LogP contribution < -0.4 is 10.1 Å². The number of rotatable bonds is 8. The standard InChI is InChI=1S/C25H36N2O6/c1-8-9-19-14-27(21(28)17(2)26-23(30)33-24(3,4)5)16-25(19,6)22(29)32-15-18-10-12-20(31-7)13-11-18/h8,10-13,17,19H,1,9,14-16H2,2-7H3,(H,26,30)/t17-,19-,25+/m0/s1. The van der Waals surface area contributed by atoms with Gasteiger partial charge in [-0.2, -0.15) is 0 Å². The van der Waals surface area contributed by atoms with Crippen molar-refractivity contribution in [2.24, 2.45) is 11.3 Å². The lowest BCUT2D eigenvalue weighted by atomic mass is 9.78. The molecular weight excluding hydrogens is 424 g/mol. The maximum atomic E-state index is 13.1. The molecule has 0 spiro atoms. The van der Waals surface area contributed by atoms with Crippen molar-refractivity contribution in [1.29, 1.82) is 0 Å². The van der Waals surface area contributed by atoms with E-state index in [0.29, 0.717) is 13.0 Å². The number of nitrogens with one attached hydrogen (secondary N) is 1. The van der Waals surface area contributed by atoms with Crippen molar-refractivity contribution in [3.63, 3.8) is 0 Å². The molecule has 1 N–H and O–H groups in total. The van der Waals surface area contributed by atoms with E-state index in [0.717, 1.165) is 11.3 Å². The highest BCUT2D eigenvalue weighted by atomic mass is 16.6. The predicted molar refractivity (Wildman–Crippen MR) is 125 cm³/mol. The van der Waals surface area contributed by atoms with Crippen LogP contribution in [-0.4, -0.2) is 54.7 Å². The molecule has 1 aliphatic heterocycles. The number of amides is 2. The van der Waals surface area contributed by atoms with E-state index in [-0.39, 0.29) is 30.9 Å². The fourth-order valence-electron chi connectivity index (χ4n) is 3.85. The van der Waals surface area contributed by atoms with E-state index in [9.17, 15) is 14.4 Å². The van der Waals surface area contributed by atoms with Crippen LogP contribution in [0.1, 0.15) is 46.6 Å². The molecule has 8 nitrogen and oxygen atoms in total. The minimum atomic E-state index is -0.887. The van der Waals surface area contributed by atoms with E-state index >= 15 is 0 Å². The van der Waals surface area contributed by atoms with E-state index in [1.807, 2.05) is 19.1 Å². The van der Waals surface area contributed by atoms with Crippen LogP contribution in [0, 0.1) is 11.3 Å². The molecule has 2 amide bonds. The molecule has 182 valence electrons. The second-order valence-corrected chi connectivity index (χ2v) is 9.65. The Morgan fingerprint density at radius 3 is 2.45 bits per heavy atom. The number of benzene rings is 1. The van der Waals surface area contributed by atoms with Gasteiger partial charge < -0.3 is 24.4 Å². The van der Waals surface area contributed by atoms with E-state index in [1.54, 1.807) is 57.9 Å². The van der Waals surface area contributed by atoms with E-state index < -0.39 is 23.2 Å². The molecule has 0 unspecified atom stereocenters. The third-order valence-corrected chi connectivity index (χ3v) is 5.72.